The quantitative estimate of drug-likeness (QED) is 0.355. The van der Waals surface area contributed by atoms with Crippen molar-refractivity contribution in [2.24, 2.45) is 5.73 Å². The van der Waals surface area contributed by atoms with Gasteiger partial charge in [-0.1, -0.05) is 36.5 Å². The van der Waals surface area contributed by atoms with Gasteiger partial charge < -0.3 is 16.0 Å². The van der Waals surface area contributed by atoms with E-state index in [-0.39, 0.29) is 17.0 Å². The molecule has 1 rings (SSSR count). The van der Waals surface area contributed by atoms with Crippen molar-refractivity contribution < 1.29 is 9.59 Å². The van der Waals surface area contributed by atoms with E-state index in [2.05, 4.69) is 25.1 Å². The van der Waals surface area contributed by atoms with E-state index in [4.69, 9.17) is 11.1 Å². The van der Waals surface area contributed by atoms with Gasteiger partial charge >= 0.3 is 0 Å². The molecule has 6 heteroatoms. The van der Waals surface area contributed by atoms with Crippen LogP contribution in [0.1, 0.15) is 47.1 Å². The van der Waals surface area contributed by atoms with Gasteiger partial charge in [-0.15, -0.1) is 0 Å². The standard InChI is InChI=1S/C21H28N4O2/c1-13(2)10-24-21(27)18-9-16(20(23)26)7-8-17(18)19(22)25(11-14(3)4)12-15(5)6/h7-9,22H,1,3,5,10-12H2,2,4,6H3,(H2,23,26)(H,24,27). The van der Waals surface area contributed by atoms with Crippen LogP contribution in [0.4, 0.5) is 0 Å². The van der Waals surface area contributed by atoms with Gasteiger partial charge in [0, 0.05) is 30.8 Å². The van der Waals surface area contributed by atoms with Gasteiger partial charge in [-0.2, -0.15) is 0 Å². The Bertz CT molecular complexity index is 792. The molecule has 0 heterocycles. The fourth-order valence-electron chi connectivity index (χ4n) is 2.45. The predicted molar refractivity (Wildman–Crippen MR) is 110 cm³/mol. The molecule has 0 fully saturated rings. The summed E-state index contributed by atoms with van der Waals surface area (Å²) in [6, 6.07) is 4.50. The molecule has 0 bridgehead atoms. The van der Waals surface area contributed by atoms with Crippen LogP contribution in [0, 0.1) is 5.41 Å². The van der Waals surface area contributed by atoms with E-state index in [1.165, 1.54) is 12.1 Å². The number of amidine groups is 1. The summed E-state index contributed by atoms with van der Waals surface area (Å²) in [5.41, 5.74) is 8.72. The minimum atomic E-state index is -0.636. The summed E-state index contributed by atoms with van der Waals surface area (Å²) in [7, 11) is 0. The van der Waals surface area contributed by atoms with Crippen molar-refractivity contribution in [1.82, 2.24) is 10.2 Å². The van der Waals surface area contributed by atoms with Gasteiger partial charge in [0.25, 0.3) is 5.91 Å². The number of amides is 2. The van der Waals surface area contributed by atoms with Crippen molar-refractivity contribution in [1.29, 1.82) is 5.41 Å². The average molecular weight is 368 g/mol. The minimum absolute atomic E-state index is 0.150. The third kappa shape index (κ3) is 6.58. The Morgan fingerprint density at radius 2 is 1.59 bits per heavy atom. The molecule has 27 heavy (non-hydrogen) atoms. The van der Waals surface area contributed by atoms with Crippen molar-refractivity contribution in [3.8, 4) is 0 Å². The van der Waals surface area contributed by atoms with Crippen LogP contribution >= 0.6 is 0 Å². The van der Waals surface area contributed by atoms with Crippen molar-refractivity contribution in [3.63, 3.8) is 0 Å². The number of nitrogens with one attached hydrogen (secondary N) is 2. The van der Waals surface area contributed by atoms with Gasteiger partial charge in [-0.05, 0) is 39.0 Å². The first-order chi connectivity index (χ1) is 12.5. The molecule has 0 aromatic heterocycles. The first-order valence-electron chi connectivity index (χ1n) is 8.52. The molecule has 0 saturated heterocycles. The van der Waals surface area contributed by atoms with E-state index in [1.54, 1.807) is 17.9 Å². The van der Waals surface area contributed by atoms with Crippen molar-refractivity contribution in [2.75, 3.05) is 19.6 Å². The second-order valence-corrected chi connectivity index (χ2v) is 6.88. The topological polar surface area (TPSA) is 99.3 Å². The van der Waals surface area contributed by atoms with Crippen LogP contribution in [0.15, 0.2) is 54.7 Å². The lowest BCUT2D eigenvalue weighted by atomic mass is 10.0. The molecular formula is C21H28N4O2. The van der Waals surface area contributed by atoms with Gasteiger partial charge in [-0.3, -0.25) is 15.0 Å². The van der Waals surface area contributed by atoms with Crippen LogP contribution < -0.4 is 11.1 Å². The fraction of sp³-hybridized carbons (Fsp3) is 0.286. The molecule has 0 aliphatic rings. The molecule has 0 atom stereocenters. The van der Waals surface area contributed by atoms with E-state index in [0.29, 0.717) is 25.2 Å². The normalized spacial score (nSPS) is 10.0. The van der Waals surface area contributed by atoms with Gasteiger partial charge in [0.15, 0.2) is 0 Å². The SMILES string of the molecule is C=C(C)CNC(=O)c1cc(C(N)=O)ccc1C(=N)N(CC(=C)C)CC(=C)C. The molecule has 6 nitrogen and oxygen atoms in total. The molecule has 1 aromatic rings. The summed E-state index contributed by atoms with van der Waals surface area (Å²) >= 11 is 0. The lowest BCUT2D eigenvalue weighted by Crippen LogP contribution is -2.36. The number of nitrogens with two attached hydrogens (primary N) is 1. The lowest BCUT2D eigenvalue weighted by molar-refractivity contribution is 0.0956. The summed E-state index contributed by atoms with van der Waals surface area (Å²) in [5.74, 6) is -0.883. The highest BCUT2D eigenvalue weighted by atomic mass is 16.2. The molecule has 0 spiro atoms. The molecule has 144 valence electrons. The van der Waals surface area contributed by atoms with Crippen LogP contribution in [-0.4, -0.2) is 42.2 Å². The van der Waals surface area contributed by atoms with Crippen LogP contribution in [0.5, 0.6) is 0 Å². The summed E-state index contributed by atoms with van der Waals surface area (Å²) in [6.45, 7) is 18.3. The largest absolute Gasteiger partial charge is 0.366 e. The van der Waals surface area contributed by atoms with Gasteiger partial charge in [0.1, 0.15) is 5.84 Å². The molecule has 2 amide bonds. The fourth-order valence-corrected chi connectivity index (χ4v) is 2.45. The number of carbonyl (C=O) groups excluding carboxylic acids is 2. The number of hydrogen-bond acceptors (Lipinski definition) is 3. The van der Waals surface area contributed by atoms with E-state index in [0.717, 1.165) is 16.7 Å². The van der Waals surface area contributed by atoms with Crippen LogP contribution in [0.2, 0.25) is 0 Å². The number of hydrogen-bond donors (Lipinski definition) is 3. The zero-order chi connectivity index (χ0) is 20.7. The Morgan fingerprint density at radius 1 is 1.04 bits per heavy atom. The Kier molecular flexibility index (Phi) is 7.72. The highest BCUT2D eigenvalue weighted by Gasteiger charge is 2.21. The smallest absolute Gasteiger partial charge is 0.252 e. The number of primary amides is 1. The first kappa shape index (κ1) is 21.9. The summed E-state index contributed by atoms with van der Waals surface area (Å²) in [6.07, 6.45) is 0. The van der Waals surface area contributed by atoms with Crippen LogP contribution in [0.25, 0.3) is 0 Å². The predicted octanol–water partition coefficient (Wildman–Crippen LogP) is 2.87. The highest BCUT2D eigenvalue weighted by molar-refractivity contribution is 6.10. The molecule has 0 unspecified atom stereocenters. The van der Waals surface area contributed by atoms with Crippen LogP contribution in [0.3, 0.4) is 0 Å². The summed E-state index contributed by atoms with van der Waals surface area (Å²) in [5, 5.41) is 11.4. The van der Waals surface area contributed by atoms with E-state index >= 15 is 0 Å². The third-order valence-corrected chi connectivity index (χ3v) is 3.59. The van der Waals surface area contributed by atoms with Crippen molar-refractivity contribution in [3.05, 3.63) is 71.3 Å². The Hall–Kier alpha value is -3.15. The zero-order valence-electron chi connectivity index (χ0n) is 16.3. The maximum absolute atomic E-state index is 12.7. The van der Waals surface area contributed by atoms with E-state index < -0.39 is 11.8 Å². The maximum atomic E-state index is 12.7. The molecule has 0 aliphatic carbocycles. The van der Waals surface area contributed by atoms with Crippen molar-refractivity contribution >= 4 is 17.6 Å². The molecule has 0 aliphatic heterocycles. The second kappa shape index (κ2) is 9.52. The minimum Gasteiger partial charge on any atom is -0.366 e. The Labute approximate surface area is 160 Å². The van der Waals surface area contributed by atoms with Gasteiger partial charge in [0.05, 0.1) is 5.56 Å². The lowest BCUT2D eigenvalue weighted by Gasteiger charge is -2.27. The average Bonchev–Trinajstić information content (AvgIpc) is 2.56. The molecule has 0 saturated carbocycles. The summed E-state index contributed by atoms with van der Waals surface area (Å²) < 4.78 is 0. The first-order valence-corrected chi connectivity index (χ1v) is 8.52. The van der Waals surface area contributed by atoms with Crippen LogP contribution in [-0.2, 0) is 0 Å². The maximum Gasteiger partial charge on any atom is 0.252 e. The highest BCUT2D eigenvalue weighted by Crippen LogP contribution is 2.17. The number of carbonyl (C=O) groups is 2. The van der Waals surface area contributed by atoms with Crippen molar-refractivity contribution in [2.45, 2.75) is 20.8 Å². The van der Waals surface area contributed by atoms with Gasteiger partial charge in [-0.25, -0.2) is 0 Å². The molecule has 4 N–H and O–H groups in total. The van der Waals surface area contributed by atoms with E-state index in [1.807, 2.05) is 13.8 Å². The molecule has 0 radical (unpaired) electrons. The van der Waals surface area contributed by atoms with Gasteiger partial charge in [0.2, 0.25) is 5.91 Å². The molecular weight excluding hydrogens is 340 g/mol. The third-order valence-electron chi connectivity index (χ3n) is 3.59. The number of nitrogens with zero attached hydrogens (tertiary/aromatic N) is 1. The zero-order valence-corrected chi connectivity index (χ0v) is 16.3. The molecule has 1 aromatic carbocycles. The Balaban J connectivity index is 3.37. The summed E-state index contributed by atoms with van der Waals surface area (Å²) in [4.78, 5) is 26.0. The Morgan fingerprint density at radius 3 is 2.04 bits per heavy atom. The number of rotatable bonds is 9. The monoisotopic (exact) mass is 368 g/mol. The second-order valence-electron chi connectivity index (χ2n) is 6.88. The van der Waals surface area contributed by atoms with E-state index in [9.17, 15) is 9.59 Å². The number of benzene rings is 1.